The Morgan fingerprint density at radius 2 is 1.82 bits per heavy atom. The van der Waals surface area contributed by atoms with E-state index in [1.807, 2.05) is 0 Å². The van der Waals surface area contributed by atoms with Crippen molar-refractivity contribution < 1.29 is 31.5 Å². The van der Waals surface area contributed by atoms with Gasteiger partial charge in [0.05, 0.1) is 22.2 Å². The molecule has 0 aliphatic carbocycles. The number of aromatic nitrogens is 4. The van der Waals surface area contributed by atoms with Crippen molar-refractivity contribution in [2.24, 2.45) is 5.73 Å². The molecule has 5 rings (SSSR count). The summed E-state index contributed by atoms with van der Waals surface area (Å²) in [6.45, 7) is 3.78. The molecule has 0 saturated carbocycles. The molecule has 1 unspecified atom stereocenters. The zero-order valence-electron chi connectivity index (χ0n) is 21.5. The predicted octanol–water partition coefficient (Wildman–Crippen LogP) is 4.49. The maximum absolute atomic E-state index is 14.1. The Balaban J connectivity index is 1.56. The minimum Gasteiger partial charge on any atom is -0.485 e. The molecule has 40 heavy (non-hydrogen) atoms. The molecule has 14 heteroatoms. The van der Waals surface area contributed by atoms with Gasteiger partial charge in [0, 0.05) is 12.7 Å². The Morgan fingerprint density at radius 3 is 2.50 bits per heavy atom. The number of imidazole rings is 1. The first-order chi connectivity index (χ1) is 18.8. The lowest BCUT2D eigenvalue weighted by molar-refractivity contribution is -0.144. The van der Waals surface area contributed by atoms with Gasteiger partial charge in [-0.15, -0.1) is 0 Å². The van der Waals surface area contributed by atoms with Gasteiger partial charge in [0.15, 0.2) is 17.2 Å². The third-order valence-corrected chi connectivity index (χ3v) is 6.68. The van der Waals surface area contributed by atoms with Gasteiger partial charge in [0.2, 0.25) is 5.91 Å². The maximum Gasteiger partial charge on any atom is 0.405 e. The number of pyridine rings is 1. The number of amides is 1. The number of alkyl halides is 3. The van der Waals surface area contributed by atoms with Crippen molar-refractivity contribution in [3.63, 3.8) is 0 Å². The van der Waals surface area contributed by atoms with Crippen molar-refractivity contribution in [2.75, 3.05) is 17.2 Å². The molecule has 1 aliphatic heterocycles. The zero-order valence-corrected chi connectivity index (χ0v) is 21.5. The van der Waals surface area contributed by atoms with Crippen LogP contribution in [-0.4, -0.2) is 44.0 Å². The van der Waals surface area contributed by atoms with E-state index < -0.39 is 48.3 Å². The number of rotatable bonds is 7. The molecule has 4 heterocycles. The number of ether oxygens (including phenoxy) is 1. The number of benzene rings is 1. The number of carbonyl (C=O) groups is 1. The monoisotopic (exact) mass is 561 g/mol. The molecule has 210 valence electrons. The second-order valence-corrected chi connectivity index (χ2v) is 9.83. The van der Waals surface area contributed by atoms with Crippen molar-refractivity contribution in [1.82, 2.24) is 19.4 Å². The van der Waals surface area contributed by atoms with Gasteiger partial charge < -0.3 is 21.1 Å². The number of carbonyl (C=O) groups excluding carboxylic acids is 1. The van der Waals surface area contributed by atoms with E-state index in [1.165, 1.54) is 6.07 Å². The first-order valence-corrected chi connectivity index (χ1v) is 12.1. The molecular weight excluding hydrogens is 537 g/mol. The number of nitrogens with two attached hydrogens (primary N) is 1. The summed E-state index contributed by atoms with van der Waals surface area (Å²) in [5, 5.41) is 5.31. The standard InChI is InChI=1S/C26H24F5N7O2/c1-12-19(38-9-5-8-16(23(38)34-12)40-11-13-14(27)6-4-7-15(13)28)22-35-20(33-10-17(32)26(29,30)31)18-21(36-22)37-24(39)25(18,2)3/h4-9,17H,10-11,32H2,1-3H3,(H2,33,35,36,37,39). The van der Waals surface area contributed by atoms with E-state index in [0.717, 1.165) is 12.1 Å². The van der Waals surface area contributed by atoms with Crippen LogP contribution in [0, 0.1) is 18.6 Å². The Morgan fingerprint density at radius 1 is 1.12 bits per heavy atom. The Labute approximate surface area is 224 Å². The fraction of sp³-hybridized carbons (Fsp3) is 0.308. The van der Waals surface area contributed by atoms with Gasteiger partial charge in [-0.25, -0.2) is 23.7 Å². The SMILES string of the molecule is Cc1nc2c(OCc3c(F)cccc3F)cccn2c1-c1nc(NCC(N)C(F)(F)F)c2c(n1)NC(=O)C2(C)C. The molecule has 3 aromatic heterocycles. The zero-order chi connectivity index (χ0) is 29.0. The second kappa shape index (κ2) is 9.70. The minimum absolute atomic E-state index is 0.0137. The quantitative estimate of drug-likeness (QED) is 0.285. The molecule has 4 N–H and O–H groups in total. The first kappa shape index (κ1) is 27.2. The summed E-state index contributed by atoms with van der Waals surface area (Å²) < 4.78 is 74.8. The normalized spacial score (nSPS) is 15.2. The predicted molar refractivity (Wildman–Crippen MR) is 136 cm³/mol. The lowest BCUT2D eigenvalue weighted by Crippen LogP contribution is -2.43. The molecule has 0 radical (unpaired) electrons. The third kappa shape index (κ3) is 4.68. The van der Waals surface area contributed by atoms with Crippen LogP contribution in [-0.2, 0) is 16.8 Å². The second-order valence-electron chi connectivity index (χ2n) is 9.83. The van der Waals surface area contributed by atoms with E-state index in [2.05, 4.69) is 25.6 Å². The van der Waals surface area contributed by atoms with Crippen LogP contribution in [0.1, 0.15) is 30.7 Å². The minimum atomic E-state index is -4.64. The van der Waals surface area contributed by atoms with Crippen LogP contribution in [0.5, 0.6) is 5.75 Å². The number of fused-ring (bicyclic) bond motifs is 2. The number of halogens is 5. The lowest BCUT2D eigenvalue weighted by Gasteiger charge is -2.21. The van der Waals surface area contributed by atoms with Gasteiger partial charge in [0.25, 0.3) is 0 Å². The number of hydrogen-bond donors (Lipinski definition) is 3. The van der Waals surface area contributed by atoms with Crippen LogP contribution < -0.4 is 21.1 Å². The number of nitrogens with one attached hydrogen (secondary N) is 2. The van der Waals surface area contributed by atoms with E-state index in [9.17, 15) is 26.7 Å². The summed E-state index contributed by atoms with van der Waals surface area (Å²) in [7, 11) is 0. The van der Waals surface area contributed by atoms with Crippen LogP contribution in [0.25, 0.3) is 17.2 Å². The van der Waals surface area contributed by atoms with Crippen molar-refractivity contribution in [3.8, 4) is 17.3 Å². The highest BCUT2D eigenvalue weighted by Gasteiger charge is 2.44. The fourth-order valence-corrected chi connectivity index (χ4v) is 4.43. The van der Waals surface area contributed by atoms with Gasteiger partial charge in [-0.2, -0.15) is 13.2 Å². The van der Waals surface area contributed by atoms with Crippen molar-refractivity contribution in [1.29, 1.82) is 0 Å². The van der Waals surface area contributed by atoms with Crippen molar-refractivity contribution in [3.05, 3.63) is 65.0 Å². The van der Waals surface area contributed by atoms with Crippen LogP contribution >= 0.6 is 0 Å². The summed E-state index contributed by atoms with van der Waals surface area (Å²) in [5.74, 6) is -1.49. The van der Waals surface area contributed by atoms with Gasteiger partial charge in [-0.1, -0.05) is 6.07 Å². The molecule has 0 fully saturated rings. The largest absolute Gasteiger partial charge is 0.485 e. The van der Waals surface area contributed by atoms with E-state index >= 15 is 0 Å². The van der Waals surface area contributed by atoms with Gasteiger partial charge >= 0.3 is 6.18 Å². The third-order valence-electron chi connectivity index (χ3n) is 6.68. The first-order valence-electron chi connectivity index (χ1n) is 12.1. The van der Waals surface area contributed by atoms with Crippen LogP contribution in [0.4, 0.5) is 33.6 Å². The van der Waals surface area contributed by atoms with E-state index in [1.54, 1.807) is 43.5 Å². The molecule has 1 aliphatic rings. The van der Waals surface area contributed by atoms with Crippen molar-refractivity contribution in [2.45, 2.75) is 45.0 Å². The summed E-state index contributed by atoms with van der Waals surface area (Å²) in [4.78, 5) is 26.2. The maximum atomic E-state index is 14.1. The van der Waals surface area contributed by atoms with Gasteiger partial charge in [-0.3, -0.25) is 9.20 Å². The van der Waals surface area contributed by atoms with E-state index in [4.69, 9.17) is 10.5 Å². The highest BCUT2D eigenvalue weighted by Crippen LogP contribution is 2.42. The molecule has 4 aromatic rings. The van der Waals surface area contributed by atoms with Crippen LogP contribution in [0.15, 0.2) is 36.5 Å². The molecule has 1 atom stereocenters. The van der Waals surface area contributed by atoms with E-state index in [-0.39, 0.29) is 34.4 Å². The summed E-state index contributed by atoms with van der Waals surface area (Å²) >= 11 is 0. The number of aryl methyl sites for hydroxylation is 1. The van der Waals surface area contributed by atoms with Gasteiger partial charge in [-0.05, 0) is 45.0 Å². The number of nitrogens with zero attached hydrogens (tertiary/aromatic N) is 4. The molecule has 0 spiro atoms. The molecule has 9 nitrogen and oxygen atoms in total. The Hall–Kier alpha value is -4.33. The summed E-state index contributed by atoms with van der Waals surface area (Å²) in [6.07, 6.45) is -3.01. The van der Waals surface area contributed by atoms with Crippen LogP contribution in [0.3, 0.4) is 0 Å². The average molecular weight is 562 g/mol. The van der Waals surface area contributed by atoms with Crippen LogP contribution in [0.2, 0.25) is 0 Å². The highest BCUT2D eigenvalue weighted by atomic mass is 19.4. The Bertz CT molecular complexity index is 1610. The summed E-state index contributed by atoms with van der Waals surface area (Å²) in [5.41, 5.74) is 5.29. The van der Waals surface area contributed by atoms with Crippen molar-refractivity contribution >= 4 is 23.2 Å². The molecule has 1 amide bonds. The lowest BCUT2D eigenvalue weighted by atomic mass is 9.87. The molecule has 0 bridgehead atoms. The van der Waals surface area contributed by atoms with Gasteiger partial charge in [0.1, 0.15) is 41.6 Å². The highest BCUT2D eigenvalue weighted by molar-refractivity contribution is 6.06. The summed E-state index contributed by atoms with van der Waals surface area (Å²) in [6, 6.07) is 4.51. The molecular formula is C26H24F5N7O2. The molecule has 0 saturated heterocycles. The Kier molecular flexibility index (Phi) is 6.60. The number of anilines is 2. The van der Waals surface area contributed by atoms with E-state index in [0.29, 0.717) is 17.0 Å². The smallest absolute Gasteiger partial charge is 0.405 e. The fourth-order valence-electron chi connectivity index (χ4n) is 4.43. The topological polar surface area (TPSA) is 119 Å². The average Bonchev–Trinajstić information content (AvgIpc) is 3.33. The molecule has 1 aromatic carbocycles. The number of hydrogen-bond acceptors (Lipinski definition) is 7.